The maximum absolute atomic E-state index is 11.8. The van der Waals surface area contributed by atoms with Gasteiger partial charge < -0.3 is 15.2 Å². The first-order valence-corrected chi connectivity index (χ1v) is 5.31. The van der Waals surface area contributed by atoms with E-state index in [2.05, 4.69) is 5.32 Å². The molecule has 0 aromatic rings. The van der Waals surface area contributed by atoms with E-state index in [-0.39, 0.29) is 12.1 Å². The van der Waals surface area contributed by atoms with Crippen molar-refractivity contribution in [2.75, 3.05) is 13.1 Å². The molecule has 1 saturated carbocycles. The highest BCUT2D eigenvalue weighted by Gasteiger charge is 2.64. The zero-order chi connectivity index (χ0) is 9.81. The van der Waals surface area contributed by atoms with Gasteiger partial charge in [0.25, 0.3) is 0 Å². The summed E-state index contributed by atoms with van der Waals surface area (Å²) < 4.78 is 5.27. The summed E-state index contributed by atoms with van der Waals surface area (Å²) in [5, 5.41) is 13.7. The van der Waals surface area contributed by atoms with E-state index >= 15 is 0 Å². The molecule has 4 nitrogen and oxygen atoms in total. The van der Waals surface area contributed by atoms with Crippen molar-refractivity contribution in [3.63, 3.8) is 0 Å². The summed E-state index contributed by atoms with van der Waals surface area (Å²) in [6.07, 6.45) is 2.97. The van der Waals surface area contributed by atoms with Crippen LogP contribution >= 0.6 is 0 Å². The lowest BCUT2D eigenvalue weighted by Crippen LogP contribution is -2.70. The zero-order valence-electron chi connectivity index (χ0n) is 8.08. The van der Waals surface area contributed by atoms with Gasteiger partial charge in [-0.2, -0.15) is 0 Å². The average molecular weight is 197 g/mol. The van der Waals surface area contributed by atoms with Crippen LogP contribution in [0.5, 0.6) is 0 Å². The molecular formula is C10H15NO3. The Morgan fingerprint density at radius 1 is 1.50 bits per heavy atom. The first kappa shape index (κ1) is 8.68. The van der Waals surface area contributed by atoms with E-state index in [1.165, 1.54) is 0 Å². The lowest BCUT2D eigenvalue weighted by atomic mass is 9.57. The van der Waals surface area contributed by atoms with Crippen molar-refractivity contribution in [3.8, 4) is 0 Å². The molecule has 3 saturated heterocycles. The van der Waals surface area contributed by atoms with E-state index in [4.69, 9.17) is 4.74 Å². The van der Waals surface area contributed by atoms with Crippen molar-refractivity contribution in [2.45, 2.75) is 37.4 Å². The summed E-state index contributed by atoms with van der Waals surface area (Å²) in [6.45, 7) is 1.38. The largest absolute Gasteiger partial charge is 0.462 e. The van der Waals surface area contributed by atoms with Crippen LogP contribution in [0.15, 0.2) is 0 Å². The third-order valence-electron chi connectivity index (χ3n) is 4.16. The molecule has 3 unspecified atom stereocenters. The summed E-state index contributed by atoms with van der Waals surface area (Å²) in [5.74, 6) is -0.185. The fourth-order valence-electron chi connectivity index (χ4n) is 3.23. The molecule has 0 radical (unpaired) electrons. The highest BCUT2D eigenvalue weighted by molar-refractivity contribution is 5.81. The summed E-state index contributed by atoms with van der Waals surface area (Å²) >= 11 is 0. The number of carbonyl (C=O) groups excluding carboxylic acids is 1. The summed E-state index contributed by atoms with van der Waals surface area (Å²) in [5.41, 5.74) is -1.43. The molecule has 2 bridgehead atoms. The van der Waals surface area contributed by atoms with Crippen molar-refractivity contribution in [1.29, 1.82) is 0 Å². The molecule has 3 atom stereocenters. The van der Waals surface area contributed by atoms with Gasteiger partial charge in [-0.05, 0) is 25.8 Å². The Balaban J connectivity index is 2.05. The number of fused-ring (bicyclic) bond motifs is 2. The van der Waals surface area contributed by atoms with Gasteiger partial charge in [-0.1, -0.05) is 0 Å². The Hall–Kier alpha value is -0.610. The number of carbonyl (C=O) groups is 1. The van der Waals surface area contributed by atoms with Crippen molar-refractivity contribution >= 4 is 5.97 Å². The number of esters is 1. The highest BCUT2D eigenvalue weighted by atomic mass is 16.6. The van der Waals surface area contributed by atoms with Crippen LogP contribution in [0.4, 0.5) is 0 Å². The first-order chi connectivity index (χ1) is 6.66. The number of nitrogens with one attached hydrogen (secondary N) is 1. The average Bonchev–Trinajstić information content (AvgIpc) is 2.15. The molecule has 14 heavy (non-hydrogen) atoms. The second-order valence-electron chi connectivity index (χ2n) is 4.81. The Morgan fingerprint density at radius 2 is 2.36 bits per heavy atom. The van der Waals surface area contributed by atoms with Crippen molar-refractivity contribution < 1.29 is 14.6 Å². The highest BCUT2D eigenvalue weighted by Crippen LogP contribution is 2.53. The normalized spacial score (nSPS) is 51.2. The summed E-state index contributed by atoms with van der Waals surface area (Å²) in [6, 6.07) is 0. The third kappa shape index (κ3) is 0.834. The van der Waals surface area contributed by atoms with Gasteiger partial charge in [0.15, 0.2) is 0 Å². The van der Waals surface area contributed by atoms with Crippen molar-refractivity contribution in [2.24, 2.45) is 5.41 Å². The molecular weight excluding hydrogens is 182 g/mol. The van der Waals surface area contributed by atoms with Gasteiger partial charge in [0.05, 0.1) is 5.60 Å². The van der Waals surface area contributed by atoms with Crippen molar-refractivity contribution in [3.05, 3.63) is 0 Å². The van der Waals surface area contributed by atoms with Crippen molar-refractivity contribution in [1.82, 2.24) is 5.32 Å². The van der Waals surface area contributed by atoms with Gasteiger partial charge in [-0.25, -0.2) is 0 Å². The number of hydrogen-bond acceptors (Lipinski definition) is 4. The standard InChI is InChI=1S/C10H15NO3/c12-8-9-2-1-7(14-8)5-10(9,13)3-4-11-6-9/h7,11,13H,1-6H2. The Labute approximate surface area is 82.6 Å². The van der Waals surface area contributed by atoms with Gasteiger partial charge >= 0.3 is 5.97 Å². The van der Waals surface area contributed by atoms with Gasteiger partial charge in [-0.15, -0.1) is 0 Å². The number of aliphatic hydroxyl groups is 1. The molecule has 4 heteroatoms. The molecule has 4 rings (SSSR count). The molecule has 3 heterocycles. The lowest BCUT2D eigenvalue weighted by molar-refractivity contribution is -0.234. The first-order valence-electron chi connectivity index (χ1n) is 5.31. The van der Waals surface area contributed by atoms with E-state index in [1.54, 1.807) is 0 Å². The second kappa shape index (κ2) is 2.49. The van der Waals surface area contributed by atoms with Gasteiger partial charge in [-0.3, -0.25) is 4.79 Å². The number of ether oxygens (including phenoxy) is 1. The van der Waals surface area contributed by atoms with Gasteiger partial charge in [0, 0.05) is 13.0 Å². The molecule has 1 spiro atoms. The predicted molar refractivity (Wildman–Crippen MR) is 48.6 cm³/mol. The molecule has 4 fully saturated rings. The molecule has 1 aliphatic carbocycles. The monoisotopic (exact) mass is 197 g/mol. The molecule has 78 valence electrons. The second-order valence-corrected chi connectivity index (χ2v) is 4.81. The van der Waals surface area contributed by atoms with Crippen LogP contribution in [-0.2, 0) is 9.53 Å². The van der Waals surface area contributed by atoms with E-state index in [0.29, 0.717) is 19.4 Å². The zero-order valence-corrected chi connectivity index (χ0v) is 8.08. The Kier molecular flexibility index (Phi) is 1.55. The summed E-state index contributed by atoms with van der Waals surface area (Å²) in [7, 11) is 0. The van der Waals surface area contributed by atoms with Gasteiger partial charge in [0.1, 0.15) is 11.5 Å². The van der Waals surface area contributed by atoms with Crippen LogP contribution in [-0.4, -0.2) is 35.9 Å². The third-order valence-corrected chi connectivity index (χ3v) is 4.16. The van der Waals surface area contributed by atoms with Gasteiger partial charge in [0.2, 0.25) is 0 Å². The summed E-state index contributed by atoms with van der Waals surface area (Å²) in [4.78, 5) is 11.8. The van der Waals surface area contributed by atoms with Crippen LogP contribution in [0, 0.1) is 5.41 Å². The SMILES string of the molecule is O=C1OC2CCC13CNCCC3(O)C2. The van der Waals surface area contributed by atoms with E-state index in [1.807, 2.05) is 0 Å². The van der Waals surface area contributed by atoms with Crippen LogP contribution in [0.2, 0.25) is 0 Å². The fourth-order valence-corrected chi connectivity index (χ4v) is 3.23. The number of piperidine rings is 1. The molecule has 2 N–H and O–H groups in total. The molecule has 4 aliphatic rings. The maximum atomic E-state index is 11.8. The molecule has 0 aromatic heterocycles. The van der Waals surface area contributed by atoms with Crippen LogP contribution in [0.1, 0.15) is 25.7 Å². The predicted octanol–water partition coefficient (Wildman–Crippen LogP) is -0.194. The quantitative estimate of drug-likeness (QED) is 0.528. The Bertz CT molecular complexity index is 289. The van der Waals surface area contributed by atoms with E-state index in [0.717, 1.165) is 19.4 Å². The molecule has 0 amide bonds. The fraction of sp³-hybridized carbons (Fsp3) is 0.900. The molecule has 3 aliphatic heterocycles. The smallest absolute Gasteiger partial charge is 0.316 e. The van der Waals surface area contributed by atoms with Crippen LogP contribution in [0.3, 0.4) is 0 Å². The van der Waals surface area contributed by atoms with E-state index in [9.17, 15) is 9.90 Å². The topological polar surface area (TPSA) is 58.6 Å². The van der Waals surface area contributed by atoms with Crippen LogP contribution in [0.25, 0.3) is 0 Å². The minimum Gasteiger partial charge on any atom is -0.462 e. The molecule has 0 aromatic carbocycles. The minimum absolute atomic E-state index is 0.0347. The lowest BCUT2D eigenvalue weighted by Gasteiger charge is -2.57. The number of hydrogen-bond donors (Lipinski definition) is 2. The maximum Gasteiger partial charge on any atom is 0.316 e. The van der Waals surface area contributed by atoms with Crippen LogP contribution < -0.4 is 5.32 Å². The van der Waals surface area contributed by atoms with E-state index < -0.39 is 11.0 Å². The minimum atomic E-state index is -0.795. The number of rotatable bonds is 0. The Morgan fingerprint density at radius 3 is 3.07 bits per heavy atom.